The smallest absolute Gasteiger partial charge is 0.433 e. The lowest BCUT2D eigenvalue weighted by Gasteiger charge is -2.37. The highest BCUT2D eigenvalue weighted by molar-refractivity contribution is 6.09. The summed E-state index contributed by atoms with van der Waals surface area (Å²) in [5.41, 5.74) is 0.776. The highest BCUT2D eigenvalue weighted by Crippen LogP contribution is 2.41. The first-order chi connectivity index (χ1) is 27.2. The number of nitrogens with zero attached hydrogens (tertiary/aromatic N) is 6. The summed E-state index contributed by atoms with van der Waals surface area (Å²) in [4.78, 5) is 46.8. The summed E-state index contributed by atoms with van der Waals surface area (Å²) in [6.07, 6.45) is 6.83. The van der Waals surface area contributed by atoms with Crippen LogP contribution in [0.25, 0.3) is 21.7 Å². The number of piperidine rings is 1. The highest BCUT2D eigenvalue weighted by atomic mass is 19.4. The molecule has 1 unspecified atom stereocenters. The van der Waals surface area contributed by atoms with Crippen molar-refractivity contribution in [2.75, 3.05) is 44.0 Å². The van der Waals surface area contributed by atoms with Crippen LogP contribution >= 0.6 is 0 Å². The zero-order valence-corrected chi connectivity index (χ0v) is 31.3. The van der Waals surface area contributed by atoms with Gasteiger partial charge in [-0.1, -0.05) is 37.5 Å². The summed E-state index contributed by atoms with van der Waals surface area (Å²) in [6.45, 7) is 0.634. The molecule has 1 aliphatic carbocycles. The summed E-state index contributed by atoms with van der Waals surface area (Å²) >= 11 is 0. The van der Waals surface area contributed by atoms with Gasteiger partial charge >= 0.3 is 12.2 Å². The average molecular weight is 793 g/mol. The number of alkyl halides is 5. The fraction of sp³-hybridized carbons (Fsp3) is 0.400. The molecule has 3 aromatic heterocycles. The fourth-order valence-corrected chi connectivity index (χ4v) is 7.70. The Labute approximate surface area is 324 Å². The SMILES string of the molecule is CN1CCC(c2ccc3c(N4CCC(=O)NC4=O)cncc3c2)C(F)(F)C1.COc1cc2nn(C3CCCCC3)cc2cc1NC(=O)c1cccc(C(F)(F)F)n1. The summed E-state index contributed by atoms with van der Waals surface area (Å²) < 4.78 is 75.0. The number of carbonyl (C=O) groups is 3. The van der Waals surface area contributed by atoms with E-state index in [4.69, 9.17) is 4.74 Å². The lowest BCUT2D eigenvalue weighted by molar-refractivity contribution is -0.141. The van der Waals surface area contributed by atoms with Crippen molar-refractivity contribution < 1.29 is 41.1 Å². The molecule has 0 spiro atoms. The Morgan fingerprint density at radius 3 is 2.49 bits per heavy atom. The van der Waals surface area contributed by atoms with Crippen molar-refractivity contribution in [2.24, 2.45) is 0 Å². The highest BCUT2D eigenvalue weighted by Gasteiger charge is 2.44. The number of anilines is 2. The second-order valence-electron chi connectivity index (χ2n) is 14.6. The Bertz CT molecular complexity index is 2310. The molecule has 17 heteroatoms. The lowest BCUT2D eigenvalue weighted by Crippen LogP contribution is -2.49. The van der Waals surface area contributed by atoms with Gasteiger partial charge in [0.25, 0.3) is 11.8 Å². The number of urea groups is 1. The van der Waals surface area contributed by atoms with Crippen LogP contribution in [0.5, 0.6) is 5.75 Å². The van der Waals surface area contributed by atoms with Crippen LogP contribution in [0, 0.1) is 0 Å². The minimum Gasteiger partial charge on any atom is -0.494 e. The number of methoxy groups -OCH3 is 1. The average Bonchev–Trinajstić information content (AvgIpc) is 3.60. The molecule has 0 bridgehead atoms. The van der Waals surface area contributed by atoms with Gasteiger partial charge in [-0.3, -0.25) is 29.5 Å². The molecule has 12 nitrogen and oxygen atoms in total. The molecular weight excluding hydrogens is 751 g/mol. The van der Waals surface area contributed by atoms with Crippen LogP contribution in [0.1, 0.15) is 78.7 Å². The first-order valence-corrected chi connectivity index (χ1v) is 18.7. The van der Waals surface area contributed by atoms with Crippen LogP contribution in [0.15, 0.2) is 67.1 Å². The van der Waals surface area contributed by atoms with E-state index in [2.05, 4.69) is 25.7 Å². The van der Waals surface area contributed by atoms with Gasteiger partial charge in [0.1, 0.15) is 17.1 Å². The van der Waals surface area contributed by atoms with E-state index in [0.29, 0.717) is 47.1 Å². The molecule has 2 aliphatic heterocycles. The van der Waals surface area contributed by atoms with Gasteiger partial charge in [0.15, 0.2) is 0 Å². The van der Waals surface area contributed by atoms with Gasteiger partial charge in [-0.15, -0.1) is 0 Å². The summed E-state index contributed by atoms with van der Waals surface area (Å²) in [5, 5.41) is 11.8. The Kier molecular flexibility index (Phi) is 11.1. The third kappa shape index (κ3) is 8.67. The number of hydrogen-bond donors (Lipinski definition) is 2. The number of pyridine rings is 2. The van der Waals surface area contributed by atoms with Crippen LogP contribution in [0.3, 0.4) is 0 Å². The third-order valence-corrected chi connectivity index (χ3v) is 10.6. The number of ether oxygens (including phenoxy) is 1. The third-order valence-electron chi connectivity index (χ3n) is 10.6. The van der Waals surface area contributed by atoms with Crippen molar-refractivity contribution >= 4 is 50.9 Å². The van der Waals surface area contributed by atoms with Gasteiger partial charge in [-0.05, 0) is 62.7 Å². The number of halogens is 5. The second-order valence-corrected chi connectivity index (χ2v) is 14.6. The van der Waals surface area contributed by atoms with Crippen molar-refractivity contribution in [3.05, 3.63) is 84.1 Å². The first kappa shape index (κ1) is 39.5. The number of carbonyl (C=O) groups excluding carboxylic acids is 3. The number of nitrogens with one attached hydrogen (secondary N) is 2. The van der Waals surface area contributed by atoms with Crippen molar-refractivity contribution in [3.8, 4) is 5.75 Å². The predicted octanol–water partition coefficient (Wildman–Crippen LogP) is 7.95. The number of benzene rings is 2. The molecular formula is C40H41F5N8O4. The number of fused-ring (bicyclic) bond motifs is 2. The Morgan fingerprint density at radius 1 is 0.982 bits per heavy atom. The molecule has 4 amide bonds. The minimum absolute atomic E-state index is 0.210. The number of amides is 4. The van der Waals surface area contributed by atoms with Gasteiger partial charge < -0.3 is 15.0 Å². The van der Waals surface area contributed by atoms with Crippen LogP contribution in [0.4, 0.5) is 38.1 Å². The van der Waals surface area contributed by atoms with E-state index in [1.165, 1.54) is 37.3 Å². The number of aromatic nitrogens is 4. The largest absolute Gasteiger partial charge is 0.494 e. The van der Waals surface area contributed by atoms with E-state index in [1.54, 1.807) is 54.7 Å². The first-order valence-electron chi connectivity index (χ1n) is 18.7. The molecule has 3 fully saturated rings. The van der Waals surface area contributed by atoms with E-state index in [0.717, 1.165) is 41.3 Å². The molecule has 1 saturated carbocycles. The Morgan fingerprint density at radius 2 is 1.77 bits per heavy atom. The van der Waals surface area contributed by atoms with Crippen molar-refractivity contribution in [1.82, 2.24) is 30.0 Å². The van der Waals surface area contributed by atoms with Crippen LogP contribution in [-0.4, -0.2) is 82.2 Å². The topological polar surface area (TPSA) is 135 Å². The van der Waals surface area contributed by atoms with E-state index < -0.39 is 35.6 Å². The quantitative estimate of drug-likeness (QED) is 0.166. The molecule has 8 rings (SSSR count). The van der Waals surface area contributed by atoms with Crippen molar-refractivity contribution in [1.29, 1.82) is 0 Å². The van der Waals surface area contributed by atoms with Crippen LogP contribution in [-0.2, 0) is 11.0 Å². The summed E-state index contributed by atoms with van der Waals surface area (Å²) in [7, 11) is 3.16. The van der Waals surface area contributed by atoms with Gasteiger partial charge in [-0.2, -0.15) is 18.3 Å². The number of rotatable bonds is 6. The molecule has 0 radical (unpaired) electrons. The van der Waals surface area contributed by atoms with E-state index >= 15 is 0 Å². The van der Waals surface area contributed by atoms with E-state index in [-0.39, 0.29) is 31.1 Å². The number of imide groups is 1. The molecule has 5 aromatic rings. The zero-order chi connectivity index (χ0) is 40.5. The maximum atomic E-state index is 14.5. The fourth-order valence-electron chi connectivity index (χ4n) is 7.70. The van der Waals surface area contributed by atoms with E-state index in [1.807, 2.05) is 10.9 Å². The van der Waals surface area contributed by atoms with E-state index in [9.17, 15) is 36.3 Å². The second kappa shape index (κ2) is 16.0. The lowest BCUT2D eigenvalue weighted by atomic mass is 9.85. The molecule has 300 valence electrons. The minimum atomic E-state index is -4.62. The van der Waals surface area contributed by atoms with Gasteiger partial charge in [0.05, 0.1) is 48.7 Å². The van der Waals surface area contributed by atoms with Gasteiger partial charge in [-0.25, -0.2) is 18.6 Å². The summed E-state index contributed by atoms with van der Waals surface area (Å²) in [5.74, 6) is -4.32. The molecule has 57 heavy (non-hydrogen) atoms. The number of likely N-dealkylation sites (tertiary alicyclic amines) is 1. The molecule has 1 atom stereocenters. The van der Waals surface area contributed by atoms with Crippen molar-refractivity contribution in [2.45, 2.75) is 69.0 Å². The molecule has 2 saturated heterocycles. The zero-order valence-electron chi connectivity index (χ0n) is 31.3. The van der Waals surface area contributed by atoms with Gasteiger partial charge in [0, 0.05) is 47.6 Å². The van der Waals surface area contributed by atoms with Crippen molar-refractivity contribution in [3.63, 3.8) is 0 Å². The predicted molar refractivity (Wildman–Crippen MR) is 203 cm³/mol. The molecule has 5 heterocycles. The standard InChI is InChI=1S/C21H21F3N4O2.C19H20F2N4O2/c1-30-18-11-16-13(12-28(27-16)14-6-3-2-4-7-14)10-17(18)26-20(29)15-8-5-9-19(25-15)21(22,23)24;1-24-6-4-15(19(20,21)11-24)12-2-3-14-13(8-12)9-22-10-16(14)25-7-5-17(26)23-18(25)27/h5,8-12,14H,2-4,6-7H2,1H3,(H,26,29);2-3,8-10,15H,4-7,11H2,1H3,(H,23,26,27). The Hall–Kier alpha value is -5.71. The van der Waals surface area contributed by atoms with Gasteiger partial charge in [0.2, 0.25) is 5.91 Å². The summed E-state index contributed by atoms with van der Waals surface area (Å²) in [6, 6.07) is 11.7. The molecule has 2 N–H and O–H groups in total. The molecule has 2 aromatic carbocycles. The Balaban J connectivity index is 0.000000175. The molecule has 3 aliphatic rings. The number of hydrogen-bond acceptors (Lipinski definition) is 8. The maximum absolute atomic E-state index is 14.5. The normalized spacial score (nSPS) is 19.2. The monoisotopic (exact) mass is 792 g/mol. The van der Waals surface area contributed by atoms with Crippen LogP contribution in [0.2, 0.25) is 0 Å². The maximum Gasteiger partial charge on any atom is 0.433 e. The van der Waals surface area contributed by atoms with Crippen LogP contribution < -0.4 is 20.3 Å².